The second kappa shape index (κ2) is 10.5. The monoisotopic (exact) mass is 543 g/mol. The summed E-state index contributed by atoms with van der Waals surface area (Å²) >= 11 is 0. The highest BCUT2D eigenvalue weighted by atomic mass is 19.4. The number of halogens is 3. The average molecular weight is 544 g/mol. The van der Waals surface area contributed by atoms with Crippen LogP contribution in [-0.2, 0) is 12.7 Å². The number of carbonyl (C=O) groups is 1. The van der Waals surface area contributed by atoms with Gasteiger partial charge in [-0.15, -0.1) is 0 Å². The molecule has 0 N–H and O–H groups in total. The van der Waals surface area contributed by atoms with E-state index in [-0.39, 0.29) is 11.4 Å². The minimum absolute atomic E-state index is 0.0857. The molecule has 0 fully saturated rings. The molecule has 8 heteroatoms. The number of rotatable bonds is 6. The zero-order chi connectivity index (χ0) is 28.6. The Morgan fingerprint density at radius 3 is 2.30 bits per heavy atom. The van der Waals surface area contributed by atoms with Crippen LogP contribution < -0.4 is 4.74 Å². The Morgan fingerprint density at radius 2 is 1.62 bits per heavy atom. The van der Waals surface area contributed by atoms with Crippen molar-refractivity contribution in [2.75, 3.05) is 14.1 Å². The van der Waals surface area contributed by atoms with E-state index in [1.54, 1.807) is 73.4 Å². The van der Waals surface area contributed by atoms with Gasteiger partial charge < -0.3 is 9.64 Å². The molecule has 0 aliphatic heterocycles. The number of hydrogen-bond donors (Lipinski definition) is 0. The molecular formula is C32H28F3N3O2. The van der Waals surface area contributed by atoms with Crippen molar-refractivity contribution in [2.24, 2.45) is 0 Å². The molecule has 5 nitrogen and oxygen atoms in total. The molecular weight excluding hydrogens is 515 g/mol. The molecule has 0 atom stereocenters. The van der Waals surface area contributed by atoms with Crippen molar-refractivity contribution in [3.8, 4) is 22.8 Å². The Morgan fingerprint density at radius 1 is 0.900 bits per heavy atom. The number of aromatic nitrogens is 2. The van der Waals surface area contributed by atoms with Crippen LogP contribution in [0.2, 0.25) is 0 Å². The molecule has 0 aliphatic rings. The van der Waals surface area contributed by atoms with Crippen LogP contribution in [0.3, 0.4) is 0 Å². The average Bonchev–Trinajstić information content (AvgIpc) is 3.27. The van der Waals surface area contributed by atoms with Gasteiger partial charge in [-0.05, 0) is 73.5 Å². The Bertz CT molecular complexity index is 1700. The molecule has 5 aromatic rings. The summed E-state index contributed by atoms with van der Waals surface area (Å²) in [4.78, 5) is 13.8. The lowest BCUT2D eigenvalue weighted by molar-refractivity contribution is -0.136. The number of benzene rings is 4. The summed E-state index contributed by atoms with van der Waals surface area (Å²) in [5, 5.41) is 4.89. The van der Waals surface area contributed by atoms with Gasteiger partial charge in [0.05, 0.1) is 17.8 Å². The van der Waals surface area contributed by atoms with Crippen LogP contribution in [0, 0.1) is 13.8 Å². The molecule has 0 radical (unpaired) electrons. The predicted molar refractivity (Wildman–Crippen MR) is 150 cm³/mol. The molecule has 0 unspecified atom stereocenters. The summed E-state index contributed by atoms with van der Waals surface area (Å²) in [6.45, 7) is 4.30. The normalized spacial score (nSPS) is 11.6. The van der Waals surface area contributed by atoms with Crippen molar-refractivity contribution in [1.82, 2.24) is 14.7 Å². The van der Waals surface area contributed by atoms with Gasteiger partial charge >= 0.3 is 6.18 Å². The minimum atomic E-state index is -4.53. The lowest BCUT2D eigenvalue weighted by Crippen LogP contribution is -2.21. The largest absolute Gasteiger partial charge is 0.457 e. The van der Waals surface area contributed by atoms with Gasteiger partial charge in [0.15, 0.2) is 0 Å². The summed E-state index contributed by atoms with van der Waals surface area (Å²) in [6, 6.07) is 24.2. The first kappa shape index (κ1) is 27.0. The fraction of sp³-hybridized carbons (Fsp3) is 0.188. The highest BCUT2D eigenvalue weighted by molar-refractivity contribution is 5.95. The number of amides is 1. The molecule has 0 bridgehead atoms. The first-order chi connectivity index (χ1) is 19.0. The van der Waals surface area contributed by atoms with Gasteiger partial charge in [0, 0.05) is 30.6 Å². The third-order valence-electron chi connectivity index (χ3n) is 6.74. The zero-order valence-corrected chi connectivity index (χ0v) is 22.6. The second-order valence-corrected chi connectivity index (χ2v) is 9.99. The van der Waals surface area contributed by atoms with E-state index < -0.39 is 11.7 Å². The number of fused-ring (bicyclic) bond motifs is 1. The van der Waals surface area contributed by atoms with Gasteiger partial charge in [0.2, 0.25) is 0 Å². The molecule has 204 valence electrons. The number of ether oxygens (including phenoxy) is 1. The SMILES string of the molecule is Cc1ccc(Cn2nc3c(C(F)(F)F)cccc3c2-c2ccc(Oc3cccc(C(=O)N(C)C)c3)cc2)c(C)c1. The maximum absolute atomic E-state index is 13.9. The first-order valence-electron chi connectivity index (χ1n) is 12.7. The topological polar surface area (TPSA) is 47.4 Å². The fourth-order valence-corrected chi connectivity index (χ4v) is 4.75. The van der Waals surface area contributed by atoms with E-state index in [1.807, 2.05) is 32.0 Å². The van der Waals surface area contributed by atoms with Crippen molar-refractivity contribution in [1.29, 1.82) is 0 Å². The van der Waals surface area contributed by atoms with Crippen LogP contribution in [0.1, 0.15) is 32.6 Å². The van der Waals surface area contributed by atoms with Gasteiger partial charge in [0.25, 0.3) is 5.91 Å². The number of alkyl halides is 3. The van der Waals surface area contributed by atoms with Crippen molar-refractivity contribution in [3.05, 3.63) is 113 Å². The minimum Gasteiger partial charge on any atom is -0.457 e. The van der Waals surface area contributed by atoms with Crippen LogP contribution in [0.5, 0.6) is 11.5 Å². The van der Waals surface area contributed by atoms with Crippen molar-refractivity contribution < 1.29 is 22.7 Å². The quantitative estimate of drug-likeness (QED) is 0.219. The van der Waals surface area contributed by atoms with Gasteiger partial charge in [0.1, 0.15) is 17.0 Å². The lowest BCUT2D eigenvalue weighted by atomic mass is 10.0. The smallest absolute Gasteiger partial charge is 0.418 e. The molecule has 0 saturated carbocycles. The van der Waals surface area contributed by atoms with Crippen molar-refractivity contribution in [2.45, 2.75) is 26.6 Å². The third-order valence-corrected chi connectivity index (χ3v) is 6.74. The van der Waals surface area contributed by atoms with Crippen LogP contribution in [0.25, 0.3) is 22.2 Å². The number of hydrogen-bond acceptors (Lipinski definition) is 3. The van der Waals surface area contributed by atoms with Gasteiger partial charge in [-0.25, -0.2) is 0 Å². The summed E-state index contributed by atoms with van der Waals surface area (Å²) in [6.07, 6.45) is -4.53. The van der Waals surface area contributed by atoms with E-state index in [9.17, 15) is 18.0 Å². The molecule has 1 aromatic heterocycles. The molecule has 0 spiro atoms. The molecule has 1 heterocycles. The van der Waals surface area contributed by atoms with Crippen LogP contribution in [-0.4, -0.2) is 34.7 Å². The zero-order valence-electron chi connectivity index (χ0n) is 22.6. The van der Waals surface area contributed by atoms with E-state index in [4.69, 9.17) is 4.74 Å². The summed E-state index contributed by atoms with van der Waals surface area (Å²) in [7, 11) is 3.36. The Kier molecular flexibility index (Phi) is 7.10. The van der Waals surface area contributed by atoms with Crippen LogP contribution >= 0.6 is 0 Å². The summed E-state index contributed by atoms with van der Waals surface area (Å²) in [5.41, 5.74) is 4.07. The second-order valence-electron chi connectivity index (χ2n) is 9.99. The lowest BCUT2D eigenvalue weighted by Gasteiger charge is -2.13. The van der Waals surface area contributed by atoms with Gasteiger partial charge in [-0.3, -0.25) is 9.48 Å². The Balaban J connectivity index is 1.54. The van der Waals surface area contributed by atoms with Gasteiger partial charge in [-0.2, -0.15) is 18.3 Å². The fourth-order valence-electron chi connectivity index (χ4n) is 4.75. The van der Waals surface area contributed by atoms with E-state index in [1.165, 1.54) is 11.0 Å². The highest BCUT2D eigenvalue weighted by Crippen LogP contribution is 2.39. The first-order valence-corrected chi connectivity index (χ1v) is 12.7. The number of nitrogens with zero attached hydrogens (tertiary/aromatic N) is 3. The number of aryl methyl sites for hydroxylation is 2. The molecule has 4 aromatic carbocycles. The molecule has 1 amide bonds. The van der Waals surface area contributed by atoms with Crippen molar-refractivity contribution >= 4 is 16.8 Å². The van der Waals surface area contributed by atoms with E-state index in [2.05, 4.69) is 5.10 Å². The van der Waals surface area contributed by atoms with Gasteiger partial charge in [-0.1, -0.05) is 42.0 Å². The molecule has 0 aliphatic carbocycles. The summed E-state index contributed by atoms with van der Waals surface area (Å²) in [5.74, 6) is 0.891. The Labute approximate surface area is 230 Å². The van der Waals surface area contributed by atoms with E-state index in [0.717, 1.165) is 22.8 Å². The van der Waals surface area contributed by atoms with E-state index >= 15 is 0 Å². The molecule has 40 heavy (non-hydrogen) atoms. The summed E-state index contributed by atoms with van der Waals surface area (Å²) < 4.78 is 49.3. The van der Waals surface area contributed by atoms with Crippen molar-refractivity contribution in [3.63, 3.8) is 0 Å². The van der Waals surface area contributed by atoms with Crippen LogP contribution in [0.15, 0.2) is 84.9 Å². The van der Waals surface area contributed by atoms with Crippen LogP contribution in [0.4, 0.5) is 13.2 Å². The Hall–Kier alpha value is -4.59. The predicted octanol–water partition coefficient (Wildman–Crippen LogP) is 7.88. The molecule has 0 saturated heterocycles. The number of carbonyl (C=O) groups excluding carboxylic acids is 1. The maximum atomic E-state index is 13.9. The van der Waals surface area contributed by atoms with E-state index in [0.29, 0.717) is 40.3 Å². The maximum Gasteiger partial charge on any atom is 0.418 e. The third kappa shape index (κ3) is 5.43. The highest BCUT2D eigenvalue weighted by Gasteiger charge is 2.34. The standard InChI is InChI=1S/C32H28F3N3O2/c1-20-11-12-24(21(2)17-20)19-38-30(27-9-6-10-28(29(27)36-38)32(33,34)35)22-13-15-25(16-14-22)40-26-8-5-7-23(18-26)31(39)37(3)4/h5-18H,19H2,1-4H3. The molecule has 5 rings (SSSR count).